The van der Waals surface area contributed by atoms with Gasteiger partial charge in [-0.05, 0) is 26.1 Å². The quantitative estimate of drug-likeness (QED) is 0.637. The van der Waals surface area contributed by atoms with E-state index in [1.54, 1.807) is 11.8 Å². The molecule has 1 N–H and O–H groups in total. The zero-order chi connectivity index (χ0) is 11.8. The van der Waals surface area contributed by atoms with Crippen molar-refractivity contribution in [3.8, 4) is 11.8 Å². The molecule has 1 atom stereocenters. The van der Waals surface area contributed by atoms with Gasteiger partial charge in [-0.1, -0.05) is 23.7 Å². The number of nitrogens with one attached hydrogen (secondary N) is 1. The predicted molar refractivity (Wildman–Crippen MR) is 73.1 cm³/mol. The molecule has 0 radical (unpaired) electrons. The molecule has 0 heterocycles. The van der Waals surface area contributed by atoms with Crippen molar-refractivity contribution in [3.05, 3.63) is 29.3 Å². The summed E-state index contributed by atoms with van der Waals surface area (Å²) in [5.41, 5.74) is 0. The molecular formula is C13H16ClNS. The van der Waals surface area contributed by atoms with Gasteiger partial charge in [0.15, 0.2) is 0 Å². The van der Waals surface area contributed by atoms with Crippen LogP contribution in [0.25, 0.3) is 0 Å². The van der Waals surface area contributed by atoms with E-state index in [-0.39, 0.29) is 0 Å². The molecule has 0 aliphatic rings. The van der Waals surface area contributed by atoms with Gasteiger partial charge in [0.05, 0.1) is 5.02 Å². The van der Waals surface area contributed by atoms with Crippen LogP contribution < -0.4 is 5.32 Å². The number of rotatable bonds is 5. The average molecular weight is 254 g/mol. The van der Waals surface area contributed by atoms with Crippen LogP contribution in [0.4, 0.5) is 0 Å². The zero-order valence-electron chi connectivity index (χ0n) is 9.59. The van der Waals surface area contributed by atoms with E-state index in [1.807, 2.05) is 38.2 Å². The monoisotopic (exact) mass is 253 g/mol. The summed E-state index contributed by atoms with van der Waals surface area (Å²) in [4.78, 5) is 1.13. The van der Waals surface area contributed by atoms with Crippen molar-refractivity contribution in [1.29, 1.82) is 0 Å². The van der Waals surface area contributed by atoms with Gasteiger partial charge in [-0.2, -0.15) is 0 Å². The second kappa shape index (κ2) is 7.62. The molecule has 1 aromatic rings. The summed E-state index contributed by atoms with van der Waals surface area (Å²) in [6, 6.07) is 8.34. The lowest BCUT2D eigenvalue weighted by molar-refractivity contribution is 0.637. The molecule has 0 saturated heterocycles. The van der Waals surface area contributed by atoms with Crippen LogP contribution in [0.3, 0.4) is 0 Å². The molecule has 16 heavy (non-hydrogen) atoms. The minimum absolute atomic E-state index is 0.411. The maximum atomic E-state index is 6.09. The Bertz CT molecular complexity index is 381. The Morgan fingerprint density at radius 1 is 1.44 bits per heavy atom. The first-order valence-corrected chi connectivity index (χ1v) is 6.58. The molecule has 1 rings (SSSR count). The van der Waals surface area contributed by atoms with Gasteiger partial charge in [-0.25, -0.2) is 0 Å². The van der Waals surface area contributed by atoms with Crippen LogP contribution in [0.15, 0.2) is 29.2 Å². The lowest BCUT2D eigenvalue weighted by atomic mass is 10.2. The highest BCUT2D eigenvalue weighted by Gasteiger charge is 2.06. The van der Waals surface area contributed by atoms with Crippen LogP contribution in [0.5, 0.6) is 0 Å². The van der Waals surface area contributed by atoms with Crippen molar-refractivity contribution in [1.82, 2.24) is 5.32 Å². The van der Waals surface area contributed by atoms with Gasteiger partial charge < -0.3 is 5.32 Å². The molecule has 3 heteroatoms. The maximum Gasteiger partial charge on any atom is 0.0541 e. The van der Waals surface area contributed by atoms with E-state index < -0.39 is 0 Å². The summed E-state index contributed by atoms with van der Waals surface area (Å²) in [7, 11) is 1.97. The fourth-order valence-electron chi connectivity index (χ4n) is 1.22. The van der Waals surface area contributed by atoms with E-state index in [0.717, 1.165) is 22.1 Å². The molecule has 86 valence electrons. The molecule has 0 aliphatic carbocycles. The summed E-state index contributed by atoms with van der Waals surface area (Å²) in [5, 5.41) is 4.08. The van der Waals surface area contributed by atoms with Gasteiger partial charge >= 0.3 is 0 Å². The van der Waals surface area contributed by atoms with E-state index in [1.165, 1.54) is 0 Å². The Labute approximate surface area is 107 Å². The van der Waals surface area contributed by atoms with Crippen molar-refractivity contribution in [3.63, 3.8) is 0 Å². The molecule has 0 amide bonds. The highest BCUT2D eigenvalue weighted by molar-refractivity contribution is 7.99. The molecule has 0 bridgehead atoms. The number of halogens is 1. The first kappa shape index (κ1) is 13.4. The van der Waals surface area contributed by atoms with E-state index in [2.05, 4.69) is 17.2 Å². The van der Waals surface area contributed by atoms with Crippen LogP contribution in [-0.4, -0.2) is 18.8 Å². The Balaban J connectivity index is 2.48. The van der Waals surface area contributed by atoms with Crippen molar-refractivity contribution < 1.29 is 0 Å². The Morgan fingerprint density at radius 3 is 2.81 bits per heavy atom. The van der Waals surface area contributed by atoms with Gasteiger partial charge in [0.25, 0.3) is 0 Å². The standard InChI is InChI=1S/C13H16ClNS/c1-3-4-7-11(15-2)10-16-13-9-6-5-8-12(13)14/h5-6,8-9,11,15H,7,10H2,1-2H3. The molecule has 0 spiro atoms. The van der Waals surface area contributed by atoms with Crippen LogP contribution in [0, 0.1) is 11.8 Å². The third kappa shape index (κ3) is 4.49. The smallest absolute Gasteiger partial charge is 0.0541 e. The second-order valence-corrected chi connectivity index (χ2v) is 4.83. The molecular weight excluding hydrogens is 238 g/mol. The fraction of sp³-hybridized carbons (Fsp3) is 0.385. The highest BCUT2D eigenvalue weighted by Crippen LogP contribution is 2.27. The van der Waals surface area contributed by atoms with Gasteiger partial charge in [-0.15, -0.1) is 23.6 Å². The normalized spacial score (nSPS) is 11.7. The molecule has 0 aromatic heterocycles. The Hall–Kier alpha value is -0.620. The highest BCUT2D eigenvalue weighted by atomic mass is 35.5. The third-order valence-electron chi connectivity index (χ3n) is 2.21. The van der Waals surface area contributed by atoms with Crippen molar-refractivity contribution in [2.24, 2.45) is 0 Å². The van der Waals surface area contributed by atoms with Crippen molar-refractivity contribution in [2.75, 3.05) is 12.8 Å². The maximum absolute atomic E-state index is 6.09. The van der Waals surface area contributed by atoms with Crippen molar-refractivity contribution >= 4 is 23.4 Å². The summed E-state index contributed by atoms with van der Waals surface area (Å²) >= 11 is 7.85. The van der Waals surface area contributed by atoms with Crippen LogP contribution in [-0.2, 0) is 0 Å². The zero-order valence-corrected chi connectivity index (χ0v) is 11.2. The summed E-state index contributed by atoms with van der Waals surface area (Å²) in [6.07, 6.45) is 0.879. The van der Waals surface area contributed by atoms with Gasteiger partial charge in [-0.3, -0.25) is 0 Å². The molecule has 1 unspecified atom stereocenters. The fourth-order valence-corrected chi connectivity index (χ4v) is 2.57. The second-order valence-electron chi connectivity index (χ2n) is 3.36. The van der Waals surface area contributed by atoms with E-state index >= 15 is 0 Å². The lowest BCUT2D eigenvalue weighted by Crippen LogP contribution is -2.27. The molecule has 0 aliphatic heterocycles. The molecule has 0 fully saturated rings. The predicted octanol–water partition coefficient (Wildman–Crippen LogP) is 3.43. The van der Waals surface area contributed by atoms with Crippen molar-refractivity contribution in [2.45, 2.75) is 24.3 Å². The Morgan fingerprint density at radius 2 is 2.19 bits per heavy atom. The van der Waals surface area contributed by atoms with Crippen LogP contribution in [0.2, 0.25) is 5.02 Å². The third-order valence-corrected chi connectivity index (χ3v) is 3.89. The minimum atomic E-state index is 0.411. The summed E-state index contributed by atoms with van der Waals surface area (Å²) in [6.45, 7) is 1.87. The lowest BCUT2D eigenvalue weighted by Gasteiger charge is -2.12. The number of hydrogen-bond donors (Lipinski definition) is 1. The van der Waals surface area contributed by atoms with E-state index in [4.69, 9.17) is 11.6 Å². The first-order valence-electron chi connectivity index (χ1n) is 5.22. The van der Waals surface area contributed by atoms with Crippen LogP contribution in [0.1, 0.15) is 13.3 Å². The molecule has 1 nitrogen and oxygen atoms in total. The van der Waals surface area contributed by atoms with Gasteiger partial charge in [0.1, 0.15) is 0 Å². The van der Waals surface area contributed by atoms with Gasteiger partial charge in [0.2, 0.25) is 0 Å². The first-order chi connectivity index (χ1) is 7.77. The van der Waals surface area contributed by atoms with E-state index in [9.17, 15) is 0 Å². The number of benzene rings is 1. The largest absolute Gasteiger partial charge is 0.315 e. The summed E-state index contributed by atoms with van der Waals surface area (Å²) in [5.74, 6) is 6.99. The molecule has 1 aromatic carbocycles. The van der Waals surface area contributed by atoms with E-state index in [0.29, 0.717) is 6.04 Å². The number of thioether (sulfide) groups is 1. The SMILES string of the molecule is CC#CCC(CSc1ccccc1Cl)NC. The topological polar surface area (TPSA) is 12.0 Å². The number of hydrogen-bond acceptors (Lipinski definition) is 2. The van der Waals surface area contributed by atoms with Gasteiger partial charge in [0, 0.05) is 23.1 Å². The summed E-state index contributed by atoms with van der Waals surface area (Å²) < 4.78 is 0. The Kier molecular flexibility index (Phi) is 6.40. The molecule has 0 saturated carbocycles. The van der Waals surface area contributed by atoms with Crippen LogP contribution >= 0.6 is 23.4 Å². The average Bonchev–Trinajstić information content (AvgIpc) is 2.31. The minimum Gasteiger partial charge on any atom is -0.315 e.